The highest BCUT2D eigenvalue weighted by Crippen LogP contribution is 1.98. The molecule has 7 heteroatoms. The van der Waals surface area contributed by atoms with Crippen molar-refractivity contribution in [3.8, 4) is 0 Å². The van der Waals surface area contributed by atoms with Crippen LogP contribution in [0, 0.1) is 5.92 Å². The number of hydrogen-bond acceptors (Lipinski definition) is 3. The Morgan fingerprint density at radius 2 is 1.74 bits per heavy atom. The van der Waals surface area contributed by atoms with Gasteiger partial charge in [-0.25, -0.2) is 4.79 Å². The number of carboxylic acid groups (broad SMARTS) is 1. The van der Waals surface area contributed by atoms with Gasteiger partial charge in [0, 0.05) is 26.7 Å². The zero-order chi connectivity index (χ0) is 15.0. The maximum absolute atomic E-state index is 11.7. The number of rotatable bonds is 7. The van der Waals surface area contributed by atoms with Gasteiger partial charge in [0.2, 0.25) is 5.91 Å². The fourth-order valence-corrected chi connectivity index (χ4v) is 1.55. The van der Waals surface area contributed by atoms with Crippen molar-refractivity contribution < 1.29 is 19.5 Å². The molecule has 0 saturated carbocycles. The van der Waals surface area contributed by atoms with E-state index in [1.54, 1.807) is 4.90 Å². The molecule has 1 atom stereocenters. The van der Waals surface area contributed by atoms with E-state index in [1.807, 2.05) is 13.8 Å². The number of carbonyl (C=O) groups excluding carboxylic acids is 2. The molecule has 0 aromatic carbocycles. The lowest BCUT2D eigenvalue weighted by atomic mass is 10.2. The predicted octanol–water partition coefficient (Wildman–Crippen LogP) is 0.217. The van der Waals surface area contributed by atoms with Gasteiger partial charge in [0.15, 0.2) is 0 Å². The SMILES string of the molecule is CCN(CC)C(=O)CNC(=O)N(C)CC(C)C(=O)O. The van der Waals surface area contributed by atoms with Gasteiger partial charge in [-0.15, -0.1) is 0 Å². The van der Waals surface area contributed by atoms with E-state index in [9.17, 15) is 14.4 Å². The first-order valence-corrected chi connectivity index (χ1v) is 6.32. The molecule has 0 bridgehead atoms. The molecule has 110 valence electrons. The monoisotopic (exact) mass is 273 g/mol. The number of carboxylic acids is 1. The van der Waals surface area contributed by atoms with Crippen LogP contribution in [0.15, 0.2) is 0 Å². The minimum Gasteiger partial charge on any atom is -0.481 e. The molecule has 1 unspecified atom stereocenters. The number of urea groups is 1. The summed E-state index contributed by atoms with van der Waals surface area (Å²) in [5.41, 5.74) is 0. The highest BCUT2D eigenvalue weighted by molar-refractivity contribution is 5.84. The van der Waals surface area contributed by atoms with E-state index in [0.29, 0.717) is 13.1 Å². The van der Waals surface area contributed by atoms with Gasteiger partial charge < -0.3 is 20.2 Å². The first-order chi connectivity index (χ1) is 8.83. The van der Waals surface area contributed by atoms with Crippen molar-refractivity contribution in [3.05, 3.63) is 0 Å². The minimum absolute atomic E-state index is 0.0771. The zero-order valence-electron chi connectivity index (χ0n) is 12.0. The Morgan fingerprint density at radius 3 is 2.16 bits per heavy atom. The summed E-state index contributed by atoms with van der Waals surface area (Å²) in [7, 11) is 1.50. The van der Waals surface area contributed by atoms with Crippen LogP contribution in [0.3, 0.4) is 0 Å². The molecule has 2 N–H and O–H groups in total. The van der Waals surface area contributed by atoms with Crippen molar-refractivity contribution >= 4 is 17.9 Å². The summed E-state index contributed by atoms with van der Waals surface area (Å²) in [6.45, 7) is 6.46. The van der Waals surface area contributed by atoms with Gasteiger partial charge in [0.05, 0.1) is 12.5 Å². The van der Waals surface area contributed by atoms with E-state index < -0.39 is 17.9 Å². The average molecular weight is 273 g/mol. The fourth-order valence-electron chi connectivity index (χ4n) is 1.55. The number of likely N-dealkylation sites (N-methyl/N-ethyl adjacent to an activating group) is 1. The lowest BCUT2D eigenvalue weighted by molar-refractivity contribution is -0.141. The Labute approximate surface area is 113 Å². The number of nitrogens with zero attached hydrogens (tertiary/aromatic N) is 2. The average Bonchev–Trinajstić information content (AvgIpc) is 2.36. The number of amides is 3. The first-order valence-electron chi connectivity index (χ1n) is 6.32. The number of carbonyl (C=O) groups is 3. The van der Waals surface area contributed by atoms with E-state index >= 15 is 0 Å². The third-order valence-corrected chi connectivity index (χ3v) is 2.82. The summed E-state index contributed by atoms with van der Waals surface area (Å²) in [6, 6.07) is -0.450. The Bertz CT molecular complexity index is 329. The van der Waals surface area contributed by atoms with Crippen LogP contribution in [0.5, 0.6) is 0 Å². The molecule has 7 nitrogen and oxygen atoms in total. The standard InChI is InChI=1S/C12H23N3O4/c1-5-15(6-2)10(16)7-13-12(19)14(4)8-9(3)11(17)18/h9H,5-8H2,1-4H3,(H,13,19)(H,17,18). The van der Waals surface area contributed by atoms with Crippen molar-refractivity contribution in [3.63, 3.8) is 0 Å². The number of hydrogen-bond donors (Lipinski definition) is 2. The van der Waals surface area contributed by atoms with E-state index in [1.165, 1.54) is 18.9 Å². The van der Waals surface area contributed by atoms with Crippen LogP contribution >= 0.6 is 0 Å². The normalized spacial score (nSPS) is 11.6. The van der Waals surface area contributed by atoms with Gasteiger partial charge in [-0.3, -0.25) is 9.59 Å². The molecule has 0 aromatic rings. The molecular weight excluding hydrogens is 250 g/mol. The third kappa shape index (κ3) is 6.08. The number of nitrogens with one attached hydrogen (secondary N) is 1. The van der Waals surface area contributed by atoms with Crippen molar-refractivity contribution in [1.82, 2.24) is 15.1 Å². The fraction of sp³-hybridized carbons (Fsp3) is 0.750. The molecule has 0 saturated heterocycles. The Kier molecular flexibility index (Phi) is 7.55. The molecule has 0 aromatic heterocycles. The molecule has 0 heterocycles. The first kappa shape index (κ1) is 17.2. The van der Waals surface area contributed by atoms with E-state index in [4.69, 9.17) is 5.11 Å². The molecule has 0 rings (SSSR count). The largest absolute Gasteiger partial charge is 0.481 e. The molecule has 3 amide bonds. The van der Waals surface area contributed by atoms with Crippen molar-refractivity contribution in [2.45, 2.75) is 20.8 Å². The van der Waals surface area contributed by atoms with Gasteiger partial charge in [-0.1, -0.05) is 6.92 Å². The van der Waals surface area contributed by atoms with Crippen LogP contribution in [0.25, 0.3) is 0 Å². The predicted molar refractivity (Wildman–Crippen MR) is 70.8 cm³/mol. The van der Waals surface area contributed by atoms with Crippen LogP contribution in [0.4, 0.5) is 4.79 Å². The molecule has 0 fully saturated rings. The van der Waals surface area contributed by atoms with Crippen LogP contribution in [0.2, 0.25) is 0 Å². The van der Waals surface area contributed by atoms with Gasteiger partial charge in [-0.2, -0.15) is 0 Å². The van der Waals surface area contributed by atoms with Crippen LogP contribution < -0.4 is 5.32 Å². The Hall–Kier alpha value is -1.79. The highest BCUT2D eigenvalue weighted by atomic mass is 16.4. The second-order valence-electron chi connectivity index (χ2n) is 4.34. The molecule has 0 aliphatic rings. The quantitative estimate of drug-likeness (QED) is 0.694. The van der Waals surface area contributed by atoms with E-state index in [0.717, 1.165) is 0 Å². The van der Waals surface area contributed by atoms with Crippen molar-refractivity contribution in [1.29, 1.82) is 0 Å². The van der Waals surface area contributed by atoms with Crippen molar-refractivity contribution in [2.75, 3.05) is 33.2 Å². The smallest absolute Gasteiger partial charge is 0.317 e. The maximum atomic E-state index is 11.7. The minimum atomic E-state index is -0.959. The van der Waals surface area contributed by atoms with Gasteiger partial charge in [0.25, 0.3) is 0 Å². The summed E-state index contributed by atoms with van der Waals surface area (Å²) < 4.78 is 0. The lowest BCUT2D eigenvalue weighted by Gasteiger charge is -2.22. The maximum Gasteiger partial charge on any atom is 0.317 e. The molecule has 0 spiro atoms. The Balaban J connectivity index is 4.17. The van der Waals surface area contributed by atoms with Crippen molar-refractivity contribution in [2.24, 2.45) is 5.92 Å². The zero-order valence-corrected chi connectivity index (χ0v) is 12.0. The molecular formula is C12H23N3O4. The van der Waals surface area contributed by atoms with Gasteiger partial charge >= 0.3 is 12.0 Å². The lowest BCUT2D eigenvalue weighted by Crippen LogP contribution is -2.45. The summed E-state index contributed by atoms with van der Waals surface area (Å²) in [5, 5.41) is 11.2. The third-order valence-electron chi connectivity index (χ3n) is 2.82. The van der Waals surface area contributed by atoms with Gasteiger partial charge in [-0.05, 0) is 13.8 Å². The topological polar surface area (TPSA) is 90.0 Å². The molecule has 0 aliphatic carbocycles. The van der Waals surface area contributed by atoms with Crippen LogP contribution in [-0.2, 0) is 9.59 Å². The number of aliphatic carboxylic acids is 1. The van der Waals surface area contributed by atoms with E-state index in [-0.39, 0.29) is 19.0 Å². The summed E-state index contributed by atoms with van der Waals surface area (Å²) in [5.74, 6) is -1.76. The Morgan fingerprint density at radius 1 is 1.21 bits per heavy atom. The summed E-state index contributed by atoms with van der Waals surface area (Å²) in [6.07, 6.45) is 0. The molecule has 19 heavy (non-hydrogen) atoms. The van der Waals surface area contributed by atoms with Crippen LogP contribution in [-0.4, -0.2) is 66.0 Å². The summed E-state index contributed by atoms with van der Waals surface area (Å²) in [4.78, 5) is 36.9. The second-order valence-corrected chi connectivity index (χ2v) is 4.34. The summed E-state index contributed by atoms with van der Waals surface area (Å²) >= 11 is 0. The van der Waals surface area contributed by atoms with E-state index in [2.05, 4.69) is 5.32 Å². The molecule has 0 aliphatic heterocycles. The molecule has 0 radical (unpaired) electrons. The van der Waals surface area contributed by atoms with Gasteiger partial charge in [0.1, 0.15) is 0 Å². The second kappa shape index (κ2) is 8.34. The van der Waals surface area contributed by atoms with Crippen LogP contribution in [0.1, 0.15) is 20.8 Å². The highest BCUT2D eigenvalue weighted by Gasteiger charge is 2.18.